The molecule has 1 atom stereocenters. The van der Waals surface area contributed by atoms with Gasteiger partial charge >= 0.3 is 0 Å². The highest BCUT2D eigenvalue weighted by Gasteiger charge is 2.20. The van der Waals surface area contributed by atoms with Crippen molar-refractivity contribution in [3.05, 3.63) is 53.1 Å². The van der Waals surface area contributed by atoms with Crippen molar-refractivity contribution in [2.75, 3.05) is 11.9 Å². The summed E-state index contributed by atoms with van der Waals surface area (Å²) in [5.74, 6) is 1.29. The molecule has 1 aromatic carbocycles. The number of ether oxygens (including phenoxy) is 1. The van der Waals surface area contributed by atoms with Gasteiger partial charge in [0.25, 0.3) is 5.91 Å². The van der Waals surface area contributed by atoms with Crippen LogP contribution in [0.4, 0.5) is 5.13 Å². The number of fused-ring (bicyclic) bond motifs is 1. The Morgan fingerprint density at radius 2 is 2.26 bits per heavy atom. The molecule has 0 bridgehead atoms. The van der Waals surface area contributed by atoms with Gasteiger partial charge in [0.15, 0.2) is 5.13 Å². The second-order valence-electron chi connectivity index (χ2n) is 5.82. The number of amides is 1. The number of aromatic nitrogens is 1. The van der Waals surface area contributed by atoms with Gasteiger partial charge < -0.3 is 4.74 Å². The molecule has 1 aliphatic carbocycles. The molecule has 0 spiro atoms. The summed E-state index contributed by atoms with van der Waals surface area (Å²) in [5.41, 5.74) is 1.74. The molecule has 0 unspecified atom stereocenters. The normalized spacial score (nSPS) is 16.5. The van der Waals surface area contributed by atoms with E-state index in [0.29, 0.717) is 23.2 Å². The fourth-order valence-corrected chi connectivity index (χ4v) is 3.79. The van der Waals surface area contributed by atoms with Crippen LogP contribution in [0.25, 0.3) is 0 Å². The van der Waals surface area contributed by atoms with Gasteiger partial charge in [-0.15, -0.1) is 11.3 Å². The van der Waals surface area contributed by atoms with Crippen LogP contribution in [0, 0.1) is 5.92 Å². The molecule has 0 saturated heterocycles. The summed E-state index contributed by atoms with van der Waals surface area (Å²) in [6.07, 6.45) is 4.94. The van der Waals surface area contributed by atoms with Gasteiger partial charge in [-0.05, 0) is 49.4 Å². The molecule has 1 aliphatic rings. The lowest BCUT2D eigenvalue weighted by Crippen LogP contribution is -2.12. The van der Waals surface area contributed by atoms with Crippen molar-refractivity contribution in [1.82, 2.24) is 4.98 Å². The van der Waals surface area contributed by atoms with Gasteiger partial charge in [-0.3, -0.25) is 10.1 Å². The van der Waals surface area contributed by atoms with E-state index in [1.807, 2.05) is 0 Å². The van der Waals surface area contributed by atoms with E-state index >= 15 is 0 Å². The highest BCUT2D eigenvalue weighted by atomic mass is 32.1. The molecule has 0 fully saturated rings. The largest absolute Gasteiger partial charge is 0.490 e. The minimum Gasteiger partial charge on any atom is -0.490 e. The van der Waals surface area contributed by atoms with Crippen molar-refractivity contribution in [2.45, 2.75) is 26.2 Å². The molecule has 1 amide bonds. The number of hydrogen-bond acceptors (Lipinski definition) is 4. The molecule has 1 N–H and O–H groups in total. The Bertz CT molecular complexity index is 706. The first-order valence-corrected chi connectivity index (χ1v) is 8.61. The number of rotatable bonds is 5. The van der Waals surface area contributed by atoms with Crippen LogP contribution in [-0.2, 0) is 12.8 Å². The summed E-state index contributed by atoms with van der Waals surface area (Å²) in [6.45, 7) is 6.32. The fourth-order valence-electron chi connectivity index (χ4n) is 2.62. The maximum absolute atomic E-state index is 12.3. The molecule has 0 aliphatic heterocycles. The van der Waals surface area contributed by atoms with E-state index in [1.54, 1.807) is 41.7 Å². The zero-order chi connectivity index (χ0) is 16.2. The molecule has 120 valence electrons. The van der Waals surface area contributed by atoms with E-state index in [4.69, 9.17) is 4.74 Å². The van der Waals surface area contributed by atoms with E-state index in [9.17, 15) is 4.79 Å². The van der Waals surface area contributed by atoms with Gasteiger partial charge in [-0.1, -0.05) is 19.6 Å². The lowest BCUT2D eigenvalue weighted by atomic mass is 9.93. The maximum atomic E-state index is 12.3. The standard InChI is InChI=1S/C18H20N2O2S/c1-3-10-22-14-7-5-13(6-8-14)17(21)20-18-19-15-9-4-12(2)11-16(15)23-18/h3,5-8,12H,1,4,9-11H2,2H3,(H,19,20,21)/t12-/m0/s1. The summed E-state index contributed by atoms with van der Waals surface area (Å²) >= 11 is 1.60. The monoisotopic (exact) mass is 328 g/mol. The van der Waals surface area contributed by atoms with Gasteiger partial charge in [0.05, 0.1) is 5.69 Å². The zero-order valence-corrected chi connectivity index (χ0v) is 14.0. The fraction of sp³-hybridized carbons (Fsp3) is 0.333. The molecule has 1 aromatic heterocycles. The molecule has 0 radical (unpaired) electrons. The minimum atomic E-state index is -0.139. The number of nitrogens with one attached hydrogen (secondary N) is 1. The Kier molecular flexibility index (Phi) is 4.76. The second kappa shape index (κ2) is 6.96. The van der Waals surface area contributed by atoms with Crippen LogP contribution in [0.5, 0.6) is 5.75 Å². The third-order valence-corrected chi connectivity index (χ3v) is 4.93. The summed E-state index contributed by atoms with van der Waals surface area (Å²) < 4.78 is 5.41. The van der Waals surface area contributed by atoms with E-state index < -0.39 is 0 Å². The van der Waals surface area contributed by atoms with E-state index in [2.05, 4.69) is 23.8 Å². The number of benzene rings is 1. The van der Waals surface area contributed by atoms with Crippen molar-refractivity contribution in [3.63, 3.8) is 0 Å². The van der Waals surface area contributed by atoms with Crippen LogP contribution in [0.3, 0.4) is 0 Å². The number of carbonyl (C=O) groups excluding carboxylic acids is 1. The quantitative estimate of drug-likeness (QED) is 0.841. The molecule has 3 rings (SSSR count). The van der Waals surface area contributed by atoms with Crippen molar-refractivity contribution in [1.29, 1.82) is 0 Å². The van der Waals surface area contributed by atoms with Crippen LogP contribution in [0.2, 0.25) is 0 Å². The first kappa shape index (κ1) is 15.7. The SMILES string of the molecule is C=CCOc1ccc(C(=O)Nc2nc3c(s2)C[C@@H](C)CC3)cc1. The van der Waals surface area contributed by atoms with Crippen LogP contribution >= 0.6 is 11.3 Å². The van der Waals surface area contributed by atoms with E-state index in [1.165, 1.54) is 11.3 Å². The topological polar surface area (TPSA) is 51.2 Å². The number of aryl methyl sites for hydroxylation is 1. The first-order chi connectivity index (χ1) is 11.2. The number of hydrogen-bond donors (Lipinski definition) is 1. The Morgan fingerprint density at radius 1 is 1.48 bits per heavy atom. The molecule has 23 heavy (non-hydrogen) atoms. The van der Waals surface area contributed by atoms with Crippen molar-refractivity contribution < 1.29 is 9.53 Å². The lowest BCUT2D eigenvalue weighted by Gasteiger charge is -2.15. The van der Waals surface area contributed by atoms with E-state index in [-0.39, 0.29) is 5.91 Å². The van der Waals surface area contributed by atoms with Gasteiger partial charge in [0, 0.05) is 10.4 Å². The first-order valence-electron chi connectivity index (χ1n) is 7.79. The Morgan fingerprint density at radius 3 is 3.00 bits per heavy atom. The average molecular weight is 328 g/mol. The number of nitrogens with zero attached hydrogens (tertiary/aromatic N) is 1. The summed E-state index contributed by atoms with van der Waals surface area (Å²) in [6, 6.07) is 7.08. The van der Waals surface area contributed by atoms with Gasteiger partial charge in [0.2, 0.25) is 0 Å². The molecule has 1 heterocycles. The molecule has 4 nitrogen and oxygen atoms in total. The average Bonchev–Trinajstić information content (AvgIpc) is 2.94. The van der Waals surface area contributed by atoms with Crippen molar-refractivity contribution in [3.8, 4) is 5.75 Å². The second-order valence-corrected chi connectivity index (χ2v) is 6.90. The molecular weight excluding hydrogens is 308 g/mol. The predicted octanol–water partition coefficient (Wildman–Crippen LogP) is 4.09. The summed E-state index contributed by atoms with van der Waals surface area (Å²) in [4.78, 5) is 18.2. The van der Waals surface area contributed by atoms with Gasteiger partial charge in [0.1, 0.15) is 12.4 Å². The van der Waals surface area contributed by atoms with Gasteiger partial charge in [-0.2, -0.15) is 0 Å². The third-order valence-electron chi connectivity index (χ3n) is 3.89. The highest BCUT2D eigenvalue weighted by molar-refractivity contribution is 7.15. The number of carbonyl (C=O) groups is 1. The van der Waals surface area contributed by atoms with Crippen molar-refractivity contribution in [2.24, 2.45) is 5.92 Å². The number of thiazole rings is 1. The lowest BCUT2D eigenvalue weighted by molar-refractivity contribution is 0.102. The van der Waals surface area contributed by atoms with Crippen LogP contribution in [0.1, 0.15) is 34.3 Å². The predicted molar refractivity (Wildman–Crippen MR) is 93.4 cm³/mol. The Balaban J connectivity index is 1.66. The Labute approximate surface area is 140 Å². The van der Waals surface area contributed by atoms with Gasteiger partial charge in [-0.25, -0.2) is 4.98 Å². The number of anilines is 1. The molecule has 0 saturated carbocycles. The highest BCUT2D eigenvalue weighted by Crippen LogP contribution is 2.32. The molecular formula is C18H20N2O2S. The molecule has 5 heteroatoms. The minimum absolute atomic E-state index is 0.139. The Hall–Kier alpha value is -2.14. The van der Waals surface area contributed by atoms with Crippen LogP contribution in [-0.4, -0.2) is 17.5 Å². The smallest absolute Gasteiger partial charge is 0.257 e. The van der Waals surface area contributed by atoms with Crippen molar-refractivity contribution >= 4 is 22.4 Å². The van der Waals surface area contributed by atoms with Crippen LogP contribution in [0.15, 0.2) is 36.9 Å². The third kappa shape index (κ3) is 3.79. The summed E-state index contributed by atoms with van der Waals surface area (Å²) in [5, 5.41) is 3.60. The molecule has 2 aromatic rings. The van der Waals surface area contributed by atoms with Crippen LogP contribution < -0.4 is 10.1 Å². The van der Waals surface area contributed by atoms with E-state index in [0.717, 1.165) is 24.3 Å². The zero-order valence-electron chi connectivity index (χ0n) is 13.2. The maximum Gasteiger partial charge on any atom is 0.257 e. The summed E-state index contributed by atoms with van der Waals surface area (Å²) in [7, 11) is 0.